The van der Waals surface area contributed by atoms with Crippen LogP contribution in [0, 0.1) is 0 Å². The Bertz CT molecular complexity index is 1300. The molecule has 1 heterocycles. The number of aliphatic hydroxyl groups excluding tert-OH is 5. The Hall–Kier alpha value is -1.72. The summed E-state index contributed by atoms with van der Waals surface area (Å²) in [5.41, 5.74) is 0. The summed E-state index contributed by atoms with van der Waals surface area (Å²) < 4.78 is 47.6. The van der Waals surface area contributed by atoms with Gasteiger partial charge in [-0.15, -0.1) is 0 Å². The Balaban J connectivity index is 2.55. The molecule has 64 heavy (non-hydrogen) atoms. The van der Waals surface area contributed by atoms with Crippen LogP contribution in [0.2, 0.25) is 0 Å². The molecule has 1 amide bonds. The van der Waals surface area contributed by atoms with Crippen molar-refractivity contribution in [2.75, 3.05) is 13.2 Å². The van der Waals surface area contributed by atoms with Crippen LogP contribution in [-0.2, 0) is 28.9 Å². The Morgan fingerprint density at radius 3 is 1.52 bits per heavy atom. The van der Waals surface area contributed by atoms with Gasteiger partial charge in [0, 0.05) is 0 Å². The van der Waals surface area contributed by atoms with Gasteiger partial charge in [-0.2, -0.15) is 8.42 Å². The highest BCUT2D eigenvalue weighted by atomic mass is 32.3. The first kappa shape index (κ1) is 60.3. The number of rotatable bonds is 43. The molecule has 0 radical (unpaired) electrons. The lowest BCUT2D eigenvalue weighted by Gasteiger charge is -2.41. The summed E-state index contributed by atoms with van der Waals surface area (Å²) >= 11 is 0. The van der Waals surface area contributed by atoms with E-state index >= 15 is 0 Å². The molecule has 0 bridgehead atoms. The molecule has 0 aliphatic carbocycles. The Morgan fingerprint density at radius 2 is 1.05 bits per heavy atom. The van der Waals surface area contributed by atoms with E-state index in [4.69, 9.17) is 9.47 Å². The van der Waals surface area contributed by atoms with Gasteiger partial charge in [0.15, 0.2) is 6.29 Å². The molecule has 14 heteroatoms. The van der Waals surface area contributed by atoms with E-state index in [2.05, 4.69) is 47.7 Å². The molecule has 7 N–H and O–H groups in total. The summed E-state index contributed by atoms with van der Waals surface area (Å²) in [5.74, 6) is -0.717. The van der Waals surface area contributed by atoms with Crippen molar-refractivity contribution in [3.8, 4) is 0 Å². The minimum absolute atomic E-state index is 0.229. The summed E-state index contributed by atoms with van der Waals surface area (Å²) in [7, 11) is -5.12. The van der Waals surface area contributed by atoms with Gasteiger partial charge in [-0.1, -0.05) is 192 Å². The molecule has 376 valence electrons. The topological polar surface area (TPSA) is 212 Å². The number of ether oxygens (including phenoxy) is 2. The highest BCUT2D eigenvalue weighted by Gasteiger charge is 2.48. The highest BCUT2D eigenvalue weighted by molar-refractivity contribution is 7.80. The SMILES string of the molecule is CCCCCC/C=C\CCCCCCCCC(O)C(=O)NC(COC1OC(CO)C(O)C(OS(=O)(=O)O)C1O)C(O)/C=C/CC/C=C/CCCCCCCCCCCCCCCCC. The molecule has 0 aromatic carbocycles. The lowest BCUT2D eigenvalue weighted by molar-refractivity contribution is -0.298. The van der Waals surface area contributed by atoms with Gasteiger partial charge in [0.2, 0.25) is 5.91 Å². The molecule has 13 nitrogen and oxygen atoms in total. The van der Waals surface area contributed by atoms with Gasteiger partial charge in [0.25, 0.3) is 0 Å². The van der Waals surface area contributed by atoms with Crippen LogP contribution in [0.3, 0.4) is 0 Å². The van der Waals surface area contributed by atoms with Crippen molar-refractivity contribution in [2.45, 2.75) is 262 Å². The Kier molecular flexibility index (Phi) is 38.0. The Morgan fingerprint density at radius 1 is 0.625 bits per heavy atom. The van der Waals surface area contributed by atoms with Gasteiger partial charge >= 0.3 is 10.4 Å². The average molecular weight is 932 g/mol. The minimum Gasteiger partial charge on any atom is -0.394 e. The molecule has 0 saturated carbocycles. The number of aliphatic hydroxyl groups is 5. The molecule has 1 fully saturated rings. The predicted octanol–water partition coefficient (Wildman–Crippen LogP) is 9.64. The molecule has 1 saturated heterocycles. The van der Waals surface area contributed by atoms with Crippen LogP contribution in [-0.4, -0.2) is 107 Å². The zero-order valence-corrected chi connectivity index (χ0v) is 40.8. The second kappa shape index (κ2) is 40.4. The van der Waals surface area contributed by atoms with Gasteiger partial charge in [0.05, 0.1) is 25.4 Å². The number of carbonyl (C=O) groups is 1. The lowest BCUT2D eigenvalue weighted by atomic mass is 9.99. The highest BCUT2D eigenvalue weighted by Crippen LogP contribution is 2.26. The smallest absolute Gasteiger partial charge is 0.394 e. The number of unbranched alkanes of at least 4 members (excludes halogenated alkanes) is 26. The van der Waals surface area contributed by atoms with Crippen LogP contribution >= 0.6 is 0 Å². The first-order chi connectivity index (χ1) is 30.9. The van der Waals surface area contributed by atoms with Crippen molar-refractivity contribution in [1.82, 2.24) is 5.32 Å². The average Bonchev–Trinajstić information content (AvgIpc) is 3.27. The Labute approximate surface area is 388 Å². The summed E-state index contributed by atoms with van der Waals surface area (Å²) in [6, 6.07) is -1.14. The molecule has 1 aliphatic heterocycles. The molecule has 8 atom stereocenters. The van der Waals surface area contributed by atoms with E-state index in [-0.39, 0.29) is 6.42 Å². The quantitative estimate of drug-likeness (QED) is 0.0173. The largest absolute Gasteiger partial charge is 0.397 e. The van der Waals surface area contributed by atoms with E-state index in [0.29, 0.717) is 12.8 Å². The van der Waals surface area contributed by atoms with Crippen LogP contribution in [0.4, 0.5) is 0 Å². The maximum atomic E-state index is 13.1. The van der Waals surface area contributed by atoms with Crippen LogP contribution in [0.25, 0.3) is 0 Å². The second-order valence-corrected chi connectivity index (χ2v) is 18.9. The molecular weight excluding hydrogens is 839 g/mol. The fraction of sp³-hybridized carbons (Fsp3) is 0.860. The van der Waals surface area contributed by atoms with Gasteiger partial charge in [-0.25, -0.2) is 4.18 Å². The summed E-state index contributed by atoms with van der Waals surface area (Å²) in [6.07, 6.45) is 36.6. The maximum absolute atomic E-state index is 13.1. The van der Waals surface area contributed by atoms with E-state index in [9.17, 15) is 43.3 Å². The minimum atomic E-state index is -5.12. The number of amides is 1. The number of carbonyl (C=O) groups excluding carboxylic acids is 1. The molecular formula is C50H93NO12S. The van der Waals surface area contributed by atoms with Crippen LogP contribution < -0.4 is 5.32 Å². The lowest BCUT2D eigenvalue weighted by Crippen LogP contribution is -2.61. The number of hydrogen-bond donors (Lipinski definition) is 7. The van der Waals surface area contributed by atoms with Crippen LogP contribution in [0.15, 0.2) is 36.5 Å². The maximum Gasteiger partial charge on any atom is 0.397 e. The predicted molar refractivity (Wildman–Crippen MR) is 256 cm³/mol. The summed E-state index contributed by atoms with van der Waals surface area (Å²) in [5, 5.41) is 55.3. The molecule has 1 aliphatic rings. The number of nitrogens with one attached hydrogen (secondary N) is 1. The number of allylic oxidation sites excluding steroid dienone is 5. The van der Waals surface area contributed by atoms with Gasteiger partial charge in [0.1, 0.15) is 30.5 Å². The van der Waals surface area contributed by atoms with Crippen molar-refractivity contribution in [2.24, 2.45) is 0 Å². The van der Waals surface area contributed by atoms with E-state index in [0.717, 1.165) is 64.2 Å². The fourth-order valence-electron chi connectivity index (χ4n) is 7.94. The van der Waals surface area contributed by atoms with Gasteiger partial charge in [-0.3, -0.25) is 9.35 Å². The second-order valence-electron chi connectivity index (χ2n) is 17.9. The van der Waals surface area contributed by atoms with Crippen molar-refractivity contribution in [3.63, 3.8) is 0 Å². The monoisotopic (exact) mass is 932 g/mol. The van der Waals surface area contributed by atoms with Crippen LogP contribution in [0.5, 0.6) is 0 Å². The first-order valence-corrected chi connectivity index (χ1v) is 26.8. The van der Waals surface area contributed by atoms with E-state index in [1.54, 1.807) is 6.08 Å². The third-order valence-electron chi connectivity index (χ3n) is 12.0. The van der Waals surface area contributed by atoms with Crippen molar-refractivity contribution < 1.29 is 57.0 Å². The molecule has 8 unspecified atom stereocenters. The van der Waals surface area contributed by atoms with E-state index < -0.39 is 78.5 Å². The van der Waals surface area contributed by atoms with E-state index in [1.807, 2.05) is 0 Å². The summed E-state index contributed by atoms with van der Waals surface area (Å²) in [4.78, 5) is 13.1. The standard InChI is InChI=1S/C50H93NO12S/c1-3-5-7-9-11-13-15-17-19-20-21-22-23-24-25-27-28-30-32-34-36-38-43(53)42(41-61-50-47(56)48(63-64(58,59)60)46(55)45(40-52)62-50)51-49(57)44(54)39-37-35-33-31-29-26-18-16-14-12-10-8-6-4-2/h14,16,28,30,36,38,42-48,50,52-56H,3-13,15,17-27,29,31-35,37,39-41H2,1-2H3,(H,51,57)(H,58,59,60)/b16-14-,30-28+,38-36+. The third kappa shape index (κ3) is 32.1. The van der Waals surface area contributed by atoms with Gasteiger partial charge in [-0.05, 0) is 57.8 Å². The van der Waals surface area contributed by atoms with Gasteiger partial charge < -0.3 is 40.3 Å². The molecule has 0 spiro atoms. The van der Waals surface area contributed by atoms with Crippen molar-refractivity contribution in [3.05, 3.63) is 36.5 Å². The third-order valence-corrected chi connectivity index (χ3v) is 12.5. The van der Waals surface area contributed by atoms with Crippen molar-refractivity contribution in [1.29, 1.82) is 0 Å². The number of hydrogen-bond acceptors (Lipinski definition) is 11. The zero-order valence-electron chi connectivity index (χ0n) is 40.0. The normalized spacial score (nSPS) is 21.0. The summed E-state index contributed by atoms with van der Waals surface area (Å²) in [6.45, 7) is 3.20. The van der Waals surface area contributed by atoms with Crippen molar-refractivity contribution >= 4 is 16.3 Å². The first-order valence-electron chi connectivity index (χ1n) is 25.5. The molecule has 0 aromatic heterocycles. The molecule has 0 aromatic rings. The van der Waals surface area contributed by atoms with Crippen LogP contribution in [0.1, 0.15) is 213 Å². The molecule has 1 rings (SSSR count). The zero-order chi connectivity index (χ0) is 47.1. The fourth-order valence-corrected chi connectivity index (χ4v) is 8.45. The van der Waals surface area contributed by atoms with E-state index in [1.165, 1.54) is 122 Å².